The molecule has 1 aromatic carbocycles. The van der Waals surface area contributed by atoms with E-state index in [1.165, 1.54) is 6.26 Å². The predicted molar refractivity (Wildman–Crippen MR) is 123 cm³/mol. The van der Waals surface area contributed by atoms with Gasteiger partial charge >= 0.3 is 0 Å². The smallest absolute Gasteiger partial charge is 0.225 e. The van der Waals surface area contributed by atoms with Crippen molar-refractivity contribution in [2.75, 3.05) is 24.2 Å². The lowest BCUT2D eigenvalue weighted by Crippen LogP contribution is -2.40. The van der Waals surface area contributed by atoms with Crippen molar-refractivity contribution in [1.82, 2.24) is 15.0 Å². The molecular weight excluding hydrogens is 448 g/mol. The Kier molecular flexibility index (Phi) is 5.51. The van der Waals surface area contributed by atoms with E-state index in [0.717, 1.165) is 60.9 Å². The Hall–Kier alpha value is -2.71. The van der Waals surface area contributed by atoms with Gasteiger partial charge in [-0.3, -0.25) is 4.98 Å². The van der Waals surface area contributed by atoms with Crippen LogP contribution in [0.5, 0.6) is 5.75 Å². The second-order valence-electron chi connectivity index (χ2n) is 8.36. The maximum absolute atomic E-state index is 11.7. The Bertz CT molecular complexity index is 1230. The van der Waals surface area contributed by atoms with Crippen molar-refractivity contribution in [3.63, 3.8) is 0 Å². The molecule has 0 amide bonds. The third kappa shape index (κ3) is 4.29. The highest BCUT2D eigenvalue weighted by atomic mass is 35.5. The zero-order chi connectivity index (χ0) is 22.3. The number of rotatable bonds is 4. The number of hydrogen-bond acceptors (Lipinski definition) is 7. The van der Waals surface area contributed by atoms with Crippen LogP contribution in [0.1, 0.15) is 18.4 Å². The van der Waals surface area contributed by atoms with Crippen molar-refractivity contribution in [1.29, 1.82) is 0 Å². The number of pyridine rings is 1. The fourth-order valence-electron chi connectivity index (χ4n) is 4.41. The molecule has 0 N–H and O–H groups in total. The van der Waals surface area contributed by atoms with Crippen LogP contribution in [0, 0.1) is 5.92 Å². The maximum atomic E-state index is 11.7. The van der Waals surface area contributed by atoms with Gasteiger partial charge in [-0.05, 0) is 37.0 Å². The number of benzene rings is 1. The first kappa shape index (κ1) is 21.2. The van der Waals surface area contributed by atoms with Gasteiger partial charge in [0.2, 0.25) is 5.95 Å². The maximum Gasteiger partial charge on any atom is 0.225 e. The normalized spacial score (nSPS) is 18.9. The molecule has 0 spiro atoms. The summed E-state index contributed by atoms with van der Waals surface area (Å²) in [6, 6.07) is 8.90. The highest BCUT2D eigenvalue weighted by molar-refractivity contribution is 7.90. The number of anilines is 1. The molecule has 9 heteroatoms. The van der Waals surface area contributed by atoms with Gasteiger partial charge in [-0.1, -0.05) is 23.7 Å². The molecule has 3 aromatic rings. The number of aromatic nitrogens is 3. The molecular formula is C23H23ClN4O3S. The predicted octanol–water partition coefficient (Wildman–Crippen LogP) is 3.82. The van der Waals surface area contributed by atoms with Crippen LogP contribution in [0.4, 0.5) is 5.95 Å². The average molecular weight is 471 g/mol. The van der Waals surface area contributed by atoms with Gasteiger partial charge in [-0.15, -0.1) is 0 Å². The summed E-state index contributed by atoms with van der Waals surface area (Å²) in [5.74, 6) is 2.03. The van der Waals surface area contributed by atoms with Crippen molar-refractivity contribution in [2.45, 2.75) is 30.3 Å². The van der Waals surface area contributed by atoms with Crippen LogP contribution < -0.4 is 9.64 Å². The molecule has 2 aliphatic rings. The van der Waals surface area contributed by atoms with Crippen molar-refractivity contribution in [3.05, 3.63) is 59.5 Å². The van der Waals surface area contributed by atoms with Gasteiger partial charge in [0, 0.05) is 36.9 Å². The molecule has 4 heterocycles. The Morgan fingerprint density at radius 2 is 1.72 bits per heavy atom. The molecule has 32 heavy (non-hydrogen) atoms. The molecule has 0 aliphatic carbocycles. The molecule has 5 rings (SSSR count). The number of piperidine rings is 1. The van der Waals surface area contributed by atoms with Gasteiger partial charge in [0.15, 0.2) is 9.84 Å². The highest BCUT2D eigenvalue weighted by Crippen LogP contribution is 2.37. The standard InChI is InChI=1S/C23H23ClN4O3S/c1-32(29,30)19-4-2-15(3-5-19)20-10-17-11-21(31-22(17)14-25-20)16-6-8-28(9-7-16)23-26-12-18(24)13-27-23/h2-5,10,12-14,16,21H,6-9,11H2,1H3/t21-/m1/s1. The summed E-state index contributed by atoms with van der Waals surface area (Å²) in [5.41, 5.74) is 2.86. The number of fused-ring (bicyclic) bond motifs is 1. The molecule has 1 saturated heterocycles. The minimum Gasteiger partial charge on any atom is -0.488 e. The van der Waals surface area contributed by atoms with Gasteiger partial charge in [0.1, 0.15) is 11.9 Å². The molecule has 0 radical (unpaired) electrons. The number of sulfone groups is 1. The molecule has 7 nitrogen and oxygen atoms in total. The zero-order valence-electron chi connectivity index (χ0n) is 17.6. The monoisotopic (exact) mass is 470 g/mol. The Labute approximate surface area is 192 Å². The van der Waals surface area contributed by atoms with E-state index in [4.69, 9.17) is 16.3 Å². The van der Waals surface area contributed by atoms with Gasteiger partial charge < -0.3 is 9.64 Å². The summed E-state index contributed by atoms with van der Waals surface area (Å²) >= 11 is 5.89. The zero-order valence-corrected chi connectivity index (χ0v) is 19.2. The van der Waals surface area contributed by atoms with Crippen LogP contribution in [0.3, 0.4) is 0 Å². The largest absolute Gasteiger partial charge is 0.488 e. The molecule has 166 valence electrons. The fourth-order valence-corrected chi connectivity index (χ4v) is 5.13. The Morgan fingerprint density at radius 3 is 2.38 bits per heavy atom. The summed E-state index contributed by atoms with van der Waals surface area (Å²) in [6.45, 7) is 1.78. The van der Waals surface area contributed by atoms with E-state index >= 15 is 0 Å². The van der Waals surface area contributed by atoms with Gasteiger partial charge in [-0.25, -0.2) is 18.4 Å². The highest BCUT2D eigenvalue weighted by Gasteiger charge is 2.33. The Balaban J connectivity index is 1.24. The number of nitrogens with zero attached hydrogens (tertiary/aromatic N) is 4. The third-order valence-electron chi connectivity index (χ3n) is 6.18. The minimum absolute atomic E-state index is 0.142. The van der Waals surface area contributed by atoms with Gasteiger partial charge in [-0.2, -0.15) is 0 Å². The summed E-state index contributed by atoms with van der Waals surface area (Å²) in [7, 11) is -3.21. The van der Waals surface area contributed by atoms with Crippen LogP contribution in [-0.4, -0.2) is 48.8 Å². The molecule has 0 saturated carbocycles. The van der Waals surface area contributed by atoms with Gasteiger partial charge in [0.25, 0.3) is 0 Å². The second-order valence-corrected chi connectivity index (χ2v) is 10.8. The lowest BCUT2D eigenvalue weighted by molar-refractivity contribution is 0.138. The lowest BCUT2D eigenvalue weighted by atomic mass is 9.89. The van der Waals surface area contributed by atoms with Crippen LogP contribution in [0.2, 0.25) is 5.02 Å². The van der Waals surface area contributed by atoms with Crippen LogP contribution in [0.15, 0.2) is 53.8 Å². The lowest BCUT2D eigenvalue weighted by Gasteiger charge is -2.34. The average Bonchev–Trinajstić information content (AvgIpc) is 3.23. The third-order valence-corrected chi connectivity index (χ3v) is 7.50. The number of hydrogen-bond donors (Lipinski definition) is 0. The first-order valence-electron chi connectivity index (χ1n) is 10.6. The van der Waals surface area contributed by atoms with Crippen LogP contribution >= 0.6 is 11.6 Å². The van der Waals surface area contributed by atoms with E-state index in [-0.39, 0.29) is 6.10 Å². The second kappa shape index (κ2) is 8.33. The number of ether oxygens (including phenoxy) is 1. The SMILES string of the molecule is CS(=O)(=O)c1ccc(-c2cc3c(cn2)O[C@@H](C2CCN(c4ncc(Cl)cn4)CC2)C3)cc1. The van der Waals surface area contributed by atoms with Crippen LogP contribution in [-0.2, 0) is 16.3 Å². The molecule has 0 bridgehead atoms. The minimum atomic E-state index is -3.21. The molecule has 1 atom stereocenters. The van der Waals surface area contributed by atoms with E-state index in [0.29, 0.717) is 15.8 Å². The van der Waals surface area contributed by atoms with Crippen molar-refractivity contribution in [2.24, 2.45) is 5.92 Å². The topological polar surface area (TPSA) is 85.3 Å². The Morgan fingerprint density at radius 1 is 1.03 bits per heavy atom. The van der Waals surface area contributed by atoms with Crippen molar-refractivity contribution in [3.8, 4) is 17.0 Å². The van der Waals surface area contributed by atoms with Crippen molar-refractivity contribution < 1.29 is 13.2 Å². The van der Waals surface area contributed by atoms with E-state index in [2.05, 4.69) is 25.9 Å². The van der Waals surface area contributed by atoms with Crippen LogP contribution in [0.25, 0.3) is 11.3 Å². The fraction of sp³-hybridized carbons (Fsp3) is 0.348. The van der Waals surface area contributed by atoms with E-state index in [1.807, 2.05) is 0 Å². The molecule has 0 unspecified atom stereocenters. The van der Waals surface area contributed by atoms with E-state index in [1.54, 1.807) is 42.9 Å². The van der Waals surface area contributed by atoms with Gasteiger partial charge in [0.05, 0.1) is 34.2 Å². The summed E-state index contributed by atoms with van der Waals surface area (Å²) < 4.78 is 29.6. The molecule has 2 aliphatic heterocycles. The summed E-state index contributed by atoms with van der Waals surface area (Å²) in [6.07, 6.45) is 9.27. The van der Waals surface area contributed by atoms with Crippen molar-refractivity contribution >= 4 is 27.4 Å². The quantitative estimate of drug-likeness (QED) is 0.573. The first-order chi connectivity index (χ1) is 15.4. The number of halogens is 1. The van der Waals surface area contributed by atoms with E-state index in [9.17, 15) is 8.42 Å². The molecule has 1 fully saturated rings. The summed E-state index contributed by atoms with van der Waals surface area (Å²) in [4.78, 5) is 15.7. The molecule has 2 aromatic heterocycles. The first-order valence-corrected chi connectivity index (χ1v) is 12.8. The van der Waals surface area contributed by atoms with E-state index < -0.39 is 9.84 Å². The summed E-state index contributed by atoms with van der Waals surface area (Å²) in [5, 5.41) is 0.542.